The highest BCUT2D eigenvalue weighted by Gasteiger charge is 2.39. The van der Waals surface area contributed by atoms with Gasteiger partial charge in [-0.3, -0.25) is 9.69 Å². The minimum absolute atomic E-state index is 0.0568. The lowest BCUT2D eigenvalue weighted by Crippen LogP contribution is -2.42. The van der Waals surface area contributed by atoms with Gasteiger partial charge in [0.15, 0.2) is 0 Å². The Morgan fingerprint density at radius 3 is 2.60 bits per heavy atom. The van der Waals surface area contributed by atoms with E-state index < -0.39 is 18.1 Å². The molecule has 1 fully saturated rings. The molecule has 1 aliphatic heterocycles. The number of likely N-dealkylation sites (N-methyl/N-ethyl adjacent to an activating group) is 1. The van der Waals surface area contributed by atoms with Gasteiger partial charge in [-0.2, -0.15) is 0 Å². The maximum absolute atomic E-state index is 11.7. The summed E-state index contributed by atoms with van der Waals surface area (Å²) in [5.41, 5.74) is 0.762. The number of rotatable bonds is 5. The number of β-amino-alcohol motifs (C(OH)–C–C–N with tert-alkyl or cyclic N) is 1. The molecule has 3 atom stereocenters. The van der Waals surface area contributed by atoms with E-state index >= 15 is 0 Å². The van der Waals surface area contributed by atoms with Crippen LogP contribution in [0.25, 0.3) is 0 Å². The maximum atomic E-state index is 11.7. The molecular formula is C15H22N2O3. The van der Waals surface area contributed by atoms with Crippen molar-refractivity contribution in [1.82, 2.24) is 9.80 Å². The molecule has 0 aliphatic carbocycles. The third-order valence-corrected chi connectivity index (χ3v) is 3.69. The van der Waals surface area contributed by atoms with Crippen LogP contribution in [0.4, 0.5) is 0 Å². The highest BCUT2D eigenvalue weighted by molar-refractivity contribution is 5.75. The summed E-state index contributed by atoms with van der Waals surface area (Å²) in [5, 5.41) is 19.5. The Hall–Kier alpha value is -1.43. The van der Waals surface area contributed by atoms with Crippen molar-refractivity contribution in [2.45, 2.75) is 24.6 Å². The van der Waals surface area contributed by atoms with E-state index in [1.165, 1.54) is 0 Å². The molecule has 0 saturated carbocycles. The van der Waals surface area contributed by atoms with Crippen molar-refractivity contribution in [2.24, 2.45) is 0 Å². The number of benzene rings is 1. The summed E-state index contributed by atoms with van der Waals surface area (Å²) in [5.74, 6) is -0.867. The van der Waals surface area contributed by atoms with Gasteiger partial charge in [0.25, 0.3) is 0 Å². The Balaban J connectivity index is 2.26. The number of likely N-dealkylation sites (tertiary alicyclic amines) is 1. The largest absolute Gasteiger partial charge is 0.480 e. The Labute approximate surface area is 119 Å². The van der Waals surface area contributed by atoms with Gasteiger partial charge in [0.1, 0.15) is 6.04 Å². The number of hydrogen-bond acceptors (Lipinski definition) is 4. The van der Waals surface area contributed by atoms with E-state index in [1.54, 1.807) is 0 Å². The highest BCUT2D eigenvalue weighted by atomic mass is 16.4. The fourth-order valence-corrected chi connectivity index (χ4v) is 2.94. The Bertz CT molecular complexity index is 450. The van der Waals surface area contributed by atoms with E-state index in [9.17, 15) is 15.0 Å². The van der Waals surface area contributed by atoms with Gasteiger partial charge in [-0.15, -0.1) is 0 Å². The first kappa shape index (κ1) is 15.0. The third-order valence-electron chi connectivity index (χ3n) is 3.69. The summed E-state index contributed by atoms with van der Waals surface area (Å²) in [7, 11) is 3.92. The molecule has 0 aromatic heterocycles. The van der Waals surface area contributed by atoms with Crippen molar-refractivity contribution in [2.75, 3.05) is 27.2 Å². The average Bonchev–Trinajstić information content (AvgIpc) is 2.70. The molecule has 20 heavy (non-hydrogen) atoms. The van der Waals surface area contributed by atoms with Gasteiger partial charge in [0, 0.05) is 19.1 Å². The zero-order valence-electron chi connectivity index (χ0n) is 11.9. The van der Waals surface area contributed by atoms with E-state index in [1.807, 2.05) is 54.2 Å². The fourth-order valence-electron chi connectivity index (χ4n) is 2.94. The number of aliphatic hydroxyl groups excluding tert-OH is 1. The average molecular weight is 278 g/mol. The van der Waals surface area contributed by atoms with Crippen molar-refractivity contribution in [3.63, 3.8) is 0 Å². The molecule has 1 aromatic carbocycles. The molecule has 0 radical (unpaired) electrons. The van der Waals surface area contributed by atoms with Crippen LogP contribution in [0.1, 0.15) is 18.0 Å². The molecule has 2 N–H and O–H groups in total. The van der Waals surface area contributed by atoms with Crippen molar-refractivity contribution in [1.29, 1.82) is 0 Å². The van der Waals surface area contributed by atoms with Gasteiger partial charge in [-0.25, -0.2) is 0 Å². The molecule has 1 heterocycles. The Kier molecular flexibility index (Phi) is 4.75. The lowest BCUT2D eigenvalue weighted by atomic mass is 10.0. The maximum Gasteiger partial charge on any atom is 0.325 e. The van der Waals surface area contributed by atoms with Crippen molar-refractivity contribution in [3.8, 4) is 0 Å². The summed E-state index contributed by atoms with van der Waals surface area (Å²) in [4.78, 5) is 15.6. The first-order chi connectivity index (χ1) is 9.49. The highest BCUT2D eigenvalue weighted by Crippen LogP contribution is 2.30. The minimum Gasteiger partial charge on any atom is -0.480 e. The first-order valence-electron chi connectivity index (χ1n) is 6.85. The van der Waals surface area contributed by atoms with Crippen LogP contribution in [0, 0.1) is 0 Å². The van der Waals surface area contributed by atoms with E-state index in [-0.39, 0.29) is 6.04 Å². The van der Waals surface area contributed by atoms with Crippen LogP contribution in [-0.2, 0) is 4.79 Å². The van der Waals surface area contributed by atoms with Gasteiger partial charge in [0.2, 0.25) is 0 Å². The summed E-state index contributed by atoms with van der Waals surface area (Å²) >= 11 is 0. The molecule has 1 aliphatic rings. The van der Waals surface area contributed by atoms with Gasteiger partial charge in [-0.1, -0.05) is 30.3 Å². The van der Waals surface area contributed by atoms with Gasteiger partial charge in [0.05, 0.1) is 6.10 Å². The predicted octanol–water partition coefficient (Wildman–Crippen LogP) is 0.809. The lowest BCUT2D eigenvalue weighted by molar-refractivity contribution is -0.144. The zero-order valence-corrected chi connectivity index (χ0v) is 11.9. The first-order valence-corrected chi connectivity index (χ1v) is 6.85. The molecular weight excluding hydrogens is 256 g/mol. The number of carboxylic acid groups (broad SMARTS) is 1. The number of hydrogen-bond donors (Lipinski definition) is 2. The normalized spacial score (nSPS) is 25.0. The lowest BCUT2D eigenvalue weighted by Gasteiger charge is -2.31. The molecule has 110 valence electrons. The molecule has 1 aromatic rings. The van der Waals surface area contributed by atoms with Crippen LogP contribution >= 0.6 is 0 Å². The van der Waals surface area contributed by atoms with Gasteiger partial charge < -0.3 is 15.1 Å². The van der Waals surface area contributed by atoms with E-state index in [4.69, 9.17) is 0 Å². The van der Waals surface area contributed by atoms with E-state index in [2.05, 4.69) is 0 Å². The van der Waals surface area contributed by atoms with Gasteiger partial charge >= 0.3 is 5.97 Å². The smallest absolute Gasteiger partial charge is 0.325 e. The van der Waals surface area contributed by atoms with Crippen LogP contribution in [-0.4, -0.2) is 65.3 Å². The summed E-state index contributed by atoms with van der Waals surface area (Å²) in [6.45, 7) is 1.15. The summed E-state index contributed by atoms with van der Waals surface area (Å²) < 4.78 is 0. The Morgan fingerprint density at radius 2 is 2.05 bits per heavy atom. The molecule has 0 amide bonds. The van der Waals surface area contributed by atoms with Crippen molar-refractivity contribution >= 4 is 5.97 Å². The molecule has 1 saturated heterocycles. The predicted molar refractivity (Wildman–Crippen MR) is 76.5 cm³/mol. The van der Waals surface area contributed by atoms with Gasteiger partial charge in [-0.05, 0) is 26.1 Å². The monoisotopic (exact) mass is 278 g/mol. The molecule has 5 nitrogen and oxygen atoms in total. The number of aliphatic carboxylic acids is 1. The summed E-state index contributed by atoms with van der Waals surface area (Å²) in [6, 6.07) is 8.59. The van der Waals surface area contributed by atoms with E-state index in [0.717, 1.165) is 12.1 Å². The molecule has 2 rings (SSSR count). The number of carbonyl (C=O) groups is 1. The minimum atomic E-state index is -0.867. The standard InChI is InChI=1S/C15H22N2O3/c1-16(2)9-12-8-13(18)10-17(12)14(15(19)20)11-6-4-3-5-7-11/h3-7,12-14,18H,8-10H2,1-2H3,(H,19,20). The van der Waals surface area contributed by atoms with Crippen molar-refractivity contribution in [3.05, 3.63) is 35.9 Å². The zero-order chi connectivity index (χ0) is 14.7. The van der Waals surface area contributed by atoms with Crippen LogP contribution in [0.3, 0.4) is 0 Å². The second kappa shape index (κ2) is 6.35. The second-order valence-electron chi connectivity index (χ2n) is 5.65. The van der Waals surface area contributed by atoms with Crippen LogP contribution in [0.2, 0.25) is 0 Å². The molecule has 3 unspecified atom stereocenters. The fraction of sp³-hybridized carbons (Fsp3) is 0.533. The number of aliphatic hydroxyl groups is 1. The second-order valence-corrected chi connectivity index (χ2v) is 5.65. The number of nitrogens with zero attached hydrogens (tertiary/aromatic N) is 2. The van der Waals surface area contributed by atoms with Crippen LogP contribution in [0.15, 0.2) is 30.3 Å². The van der Waals surface area contributed by atoms with E-state index in [0.29, 0.717) is 13.0 Å². The molecule has 5 heteroatoms. The topological polar surface area (TPSA) is 64.0 Å². The third kappa shape index (κ3) is 3.36. The SMILES string of the molecule is CN(C)CC1CC(O)CN1C(C(=O)O)c1ccccc1. The van der Waals surface area contributed by atoms with Crippen molar-refractivity contribution < 1.29 is 15.0 Å². The quantitative estimate of drug-likeness (QED) is 0.834. The summed E-state index contributed by atoms with van der Waals surface area (Å²) in [6.07, 6.45) is 0.167. The molecule has 0 spiro atoms. The van der Waals surface area contributed by atoms with Crippen LogP contribution < -0.4 is 0 Å². The Morgan fingerprint density at radius 1 is 1.40 bits per heavy atom. The van der Waals surface area contributed by atoms with Crippen LogP contribution in [0.5, 0.6) is 0 Å². The number of carboxylic acids is 1. The molecule has 0 bridgehead atoms.